The molecule has 0 spiro atoms. The second-order valence-corrected chi connectivity index (χ2v) is 10.3. The molecule has 0 aliphatic heterocycles. The van der Waals surface area contributed by atoms with E-state index in [1.54, 1.807) is 24.3 Å². The van der Waals surface area contributed by atoms with E-state index in [2.05, 4.69) is 5.32 Å². The van der Waals surface area contributed by atoms with Gasteiger partial charge in [-0.05, 0) is 56.9 Å². The SMILES string of the molecule is Cc1cc(C)c(S(=O)(=O)N(CC(=O)Nc2ccccc2Cl)C2CCCCC2)c(C)c1. The van der Waals surface area contributed by atoms with E-state index < -0.39 is 10.0 Å². The highest BCUT2D eigenvalue weighted by Gasteiger charge is 2.35. The van der Waals surface area contributed by atoms with Crippen molar-refractivity contribution in [2.45, 2.75) is 63.8 Å². The van der Waals surface area contributed by atoms with E-state index >= 15 is 0 Å². The van der Waals surface area contributed by atoms with Crippen molar-refractivity contribution in [3.8, 4) is 0 Å². The van der Waals surface area contributed by atoms with E-state index in [0.717, 1.165) is 37.7 Å². The van der Waals surface area contributed by atoms with Crippen LogP contribution in [0.3, 0.4) is 0 Å². The summed E-state index contributed by atoms with van der Waals surface area (Å²) in [6.07, 6.45) is 4.56. The zero-order valence-electron chi connectivity index (χ0n) is 17.7. The molecule has 7 heteroatoms. The predicted octanol–water partition coefficient (Wildman–Crippen LogP) is 5.23. The highest BCUT2D eigenvalue weighted by atomic mass is 35.5. The van der Waals surface area contributed by atoms with E-state index in [4.69, 9.17) is 11.6 Å². The Morgan fingerprint density at radius 1 is 1.07 bits per heavy atom. The Kier molecular flexibility index (Phi) is 7.22. The van der Waals surface area contributed by atoms with E-state index in [1.165, 1.54) is 4.31 Å². The van der Waals surface area contributed by atoms with Crippen molar-refractivity contribution in [1.82, 2.24) is 4.31 Å². The third kappa shape index (κ3) is 5.05. The lowest BCUT2D eigenvalue weighted by atomic mass is 9.95. The quantitative estimate of drug-likeness (QED) is 0.658. The molecule has 2 aromatic carbocycles. The van der Waals surface area contributed by atoms with Gasteiger partial charge < -0.3 is 5.32 Å². The zero-order chi connectivity index (χ0) is 21.9. The summed E-state index contributed by atoms with van der Waals surface area (Å²) >= 11 is 6.15. The number of aryl methyl sites for hydroxylation is 3. The number of nitrogens with one attached hydrogen (secondary N) is 1. The molecule has 1 N–H and O–H groups in total. The van der Waals surface area contributed by atoms with E-state index in [1.807, 2.05) is 32.9 Å². The van der Waals surface area contributed by atoms with E-state index in [9.17, 15) is 13.2 Å². The number of hydrogen-bond acceptors (Lipinski definition) is 3. The molecule has 0 radical (unpaired) electrons. The van der Waals surface area contributed by atoms with Crippen molar-refractivity contribution in [1.29, 1.82) is 0 Å². The first-order chi connectivity index (χ1) is 14.2. The maximum absolute atomic E-state index is 13.8. The number of carbonyl (C=O) groups excluding carboxylic acids is 1. The molecular weight excluding hydrogens is 420 g/mol. The Morgan fingerprint density at radius 3 is 2.27 bits per heavy atom. The summed E-state index contributed by atoms with van der Waals surface area (Å²) in [4.78, 5) is 13.2. The van der Waals surface area contributed by atoms with Crippen LogP contribution in [0, 0.1) is 20.8 Å². The molecule has 0 aromatic heterocycles. The average molecular weight is 449 g/mol. The maximum Gasteiger partial charge on any atom is 0.244 e. The molecule has 0 unspecified atom stereocenters. The fraction of sp³-hybridized carbons (Fsp3) is 0.435. The summed E-state index contributed by atoms with van der Waals surface area (Å²) in [7, 11) is -3.84. The number of amides is 1. The first kappa shape index (κ1) is 22.8. The highest BCUT2D eigenvalue weighted by Crippen LogP contribution is 2.31. The Hall–Kier alpha value is -1.89. The molecule has 1 saturated carbocycles. The van der Waals surface area contributed by atoms with Crippen LogP contribution in [-0.2, 0) is 14.8 Å². The van der Waals surface area contributed by atoms with Crippen LogP contribution in [0.25, 0.3) is 0 Å². The number of para-hydroxylation sites is 1. The number of carbonyl (C=O) groups is 1. The van der Waals surface area contributed by atoms with Crippen LogP contribution in [0.1, 0.15) is 48.8 Å². The van der Waals surface area contributed by atoms with Gasteiger partial charge in [0.15, 0.2) is 0 Å². The molecule has 2 aromatic rings. The smallest absolute Gasteiger partial charge is 0.244 e. The van der Waals surface area contributed by atoms with Gasteiger partial charge >= 0.3 is 0 Å². The molecular formula is C23H29ClN2O3S. The van der Waals surface area contributed by atoms with Gasteiger partial charge in [-0.3, -0.25) is 4.79 Å². The fourth-order valence-electron chi connectivity index (χ4n) is 4.36. The van der Waals surface area contributed by atoms with Gasteiger partial charge in [0, 0.05) is 6.04 Å². The first-order valence-electron chi connectivity index (χ1n) is 10.3. The Balaban J connectivity index is 1.94. The van der Waals surface area contributed by atoms with Crippen molar-refractivity contribution in [2.24, 2.45) is 0 Å². The summed E-state index contributed by atoms with van der Waals surface area (Å²) in [5.74, 6) is -0.389. The molecule has 0 atom stereocenters. The second kappa shape index (κ2) is 9.50. The minimum Gasteiger partial charge on any atom is -0.324 e. The van der Waals surface area contributed by atoms with Crippen LogP contribution in [-0.4, -0.2) is 31.2 Å². The largest absolute Gasteiger partial charge is 0.324 e. The molecule has 0 saturated heterocycles. The van der Waals surface area contributed by atoms with Crippen molar-refractivity contribution in [2.75, 3.05) is 11.9 Å². The predicted molar refractivity (Wildman–Crippen MR) is 121 cm³/mol. The van der Waals surface area contributed by atoms with Crippen molar-refractivity contribution >= 4 is 33.2 Å². The van der Waals surface area contributed by atoms with Crippen LogP contribution < -0.4 is 5.32 Å². The van der Waals surface area contributed by atoms with Gasteiger partial charge in [0.1, 0.15) is 0 Å². The first-order valence-corrected chi connectivity index (χ1v) is 12.2. The molecule has 1 fully saturated rings. The lowest BCUT2D eigenvalue weighted by Gasteiger charge is -2.33. The number of nitrogens with zero attached hydrogens (tertiary/aromatic N) is 1. The lowest BCUT2D eigenvalue weighted by molar-refractivity contribution is -0.116. The molecule has 0 heterocycles. The van der Waals surface area contributed by atoms with Gasteiger partial charge in [-0.25, -0.2) is 8.42 Å². The summed E-state index contributed by atoms with van der Waals surface area (Å²) in [6.45, 7) is 5.35. The van der Waals surface area contributed by atoms with Crippen LogP contribution in [0.2, 0.25) is 5.02 Å². The summed E-state index contributed by atoms with van der Waals surface area (Å²) < 4.78 is 28.9. The Bertz CT molecular complexity index is 1010. The highest BCUT2D eigenvalue weighted by molar-refractivity contribution is 7.89. The number of benzene rings is 2. The van der Waals surface area contributed by atoms with Crippen LogP contribution >= 0.6 is 11.6 Å². The Labute approximate surface area is 184 Å². The third-order valence-corrected chi connectivity index (χ3v) is 8.13. The van der Waals surface area contributed by atoms with Gasteiger partial charge in [-0.1, -0.05) is 60.7 Å². The lowest BCUT2D eigenvalue weighted by Crippen LogP contribution is -2.46. The van der Waals surface area contributed by atoms with E-state index in [-0.39, 0.29) is 18.5 Å². The third-order valence-electron chi connectivity index (χ3n) is 5.60. The molecule has 0 bridgehead atoms. The monoisotopic (exact) mass is 448 g/mol. The van der Waals surface area contributed by atoms with Crippen LogP contribution in [0.5, 0.6) is 0 Å². The van der Waals surface area contributed by atoms with Gasteiger partial charge in [0.25, 0.3) is 0 Å². The van der Waals surface area contributed by atoms with Crippen LogP contribution in [0.15, 0.2) is 41.3 Å². The molecule has 162 valence electrons. The normalized spacial score (nSPS) is 15.4. The Morgan fingerprint density at radius 2 is 1.67 bits per heavy atom. The number of hydrogen-bond donors (Lipinski definition) is 1. The summed E-state index contributed by atoms with van der Waals surface area (Å²) in [6, 6.07) is 10.5. The molecule has 30 heavy (non-hydrogen) atoms. The van der Waals surface area contributed by atoms with Crippen molar-refractivity contribution in [3.63, 3.8) is 0 Å². The standard InChI is InChI=1S/C23H29ClN2O3S/c1-16-13-17(2)23(18(3)14-16)30(28,29)26(19-9-5-4-6-10-19)15-22(27)25-21-12-8-7-11-20(21)24/h7-8,11-14,19H,4-6,9-10,15H2,1-3H3,(H,25,27). The molecule has 5 nitrogen and oxygen atoms in total. The summed E-state index contributed by atoms with van der Waals surface area (Å²) in [5, 5.41) is 3.18. The van der Waals surface area contributed by atoms with Crippen LogP contribution in [0.4, 0.5) is 5.69 Å². The van der Waals surface area contributed by atoms with E-state index in [0.29, 0.717) is 26.7 Å². The molecule has 1 amide bonds. The number of halogens is 1. The van der Waals surface area contributed by atoms with Crippen molar-refractivity contribution < 1.29 is 13.2 Å². The number of rotatable bonds is 6. The second-order valence-electron chi connectivity index (χ2n) is 8.10. The topological polar surface area (TPSA) is 66.5 Å². The molecule has 1 aliphatic rings. The van der Waals surface area contributed by atoms with Gasteiger partial charge in [0.05, 0.1) is 22.2 Å². The average Bonchev–Trinajstić information content (AvgIpc) is 2.67. The summed E-state index contributed by atoms with van der Waals surface area (Å²) in [5.41, 5.74) is 2.91. The molecule has 1 aliphatic carbocycles. The number of anilines is 1. The number of sulfonamides is 1. The van der Waals surface area contributed by atoms with Gasteiger partial charge in [0.2, 0.25) is 15.9 Å². The van der Waals surface area contributed by atoms with Crippen molar-refractivity contribution in [3.05, 3.63) is 58.1 Å². The minimum atomic E-state index is -3.84. The molecule has 3 rings (SSSR count). The fourth-order valence-corrected chi connectivity index (χ4v) is 6.60. The zero-order valence-corrected chi connectivity index (χ0v) is 19.3. The van der Waals surface area contributed by atoms with Gasteiger partial charge in [-0.15, -0.1) is 0 Å². The maximum atomic E-state index is 13.8. The van der Waals surface area contributed by atoms with Gasteiger partial charge in [-0.2, -0.15) is 4.31 Å². The minimum absolute atomic E-state index is 0.180.